The molecule has 2 amide bonds. The Hall–Kier alpha value is -2.94. The predicted octanol–water partition coefficient (Wildman–Crippen LogP) is 14.4. The minimum atomic E-state index is -0.539. The minimum Gasteiger partial charge on any atom is -0.444 e. The fourth-order valence-electron chi connectivity index (χ4n) is 7.95. The van der Waals surface area contributed by atoms with E-state index < -0.39 is 11.7 Å². The highest BCUT2D eigenvalue weighted by atomic mass is 16.6. The summed E-state index contributed by atoms with van der Waals surface area (Å²) in [5, 5.41) is 9.63. The van der Waals surface area contributed by atoms with Crippen LogP contribution in [0.15, 0.2) is 54.6 Å². The Morgan fingerprint density at radius 1 is 0.556 bits per heavy atom. The average Bonchev–Trinajstić information content (AvgIpc) is 3.27. The molecule has 0 spiro atoms. The van der Waals surface area contributed by atoms with Gasteiger partial charge in [-0.25, -0.2) is 4.79 Å². The maximum absolute atomic E-state index is 13.9. The van der Waals surface area contributed by atoms with Crippen LogP contribution in [0.25, 0.3) is 11.1 Å². The predicted molar refractivity (Wildman–Crippen MR) is 266 cm³/mol. The molecular formula is C55H95N3O5. The average molecular weight is 878 g/mol. The Morgan fingerprint density at radius 2 is 1.05 bits per heavy atom. The summed E-state index contributed by atoms with van der Waals surface area (Å²) in [6.45, 7) is 13.5. The quantitative estimate of drug-likeness (QED) is 0.0576. The first kappa shape index (κ1) is 56.2. The van der Waals surface area contributed by atoms with E-state index in [1.54, 1.807) is 0 Å². The second-order valence-electron chi connectivity index (χ2n) is 19.0. The summed E-state index contributed by atoms with van der Waals surface area (Å²) in [6, 6.07) is 18.5. The van der Waals surface area contributed by atoms with E-state index in [1.807, 2.05) is 26.8 Å². The van der Waals surface area contributed by atoms with Crippen LogP contribution in [-0.4, -0.2) is 62.7 Å². The maximum atomic E-state index is 13.9. The van der Waals surface area contributed by atoms with E-state index in [9.17, 15) is 9.59 Å². The molecule has 2 rings (SSSR count). The number of hydrogen-bond donors (Lipinski definition) is 3. The van der Waals surface area contributed by atoms with E-state index in [0.717, 1.165) is 37.9 Å². The van der Waals surface area contributed by atoms with Crippen molar-refractivity contribution in [3.05, 3.63) is 60.2 Å². The smallest absolute Gasteiger partial charge is 0.407 e. The van der Waals surface area contributed by atoms with Crippen molar-refractivity contribution in [1.82, 2.24) is 16.0 Å². The zero-order chi connectivity index (χ0) is 45.5. The van der Waals surface area contributed by atoms with Crippen LogP contribution in [0.3, 0.4) is 0 Å². The number of amides is 2. The summed E-state index contributed by atoms with van der Waals surface area (Å²) in [4.78, 5) is 26.0. The Kier molecular flexibility index (Phi) is 34.2. The van der Waals surface area contributed by atoms with Crippen molar-refractivity contribution in [3.63, 3.8) is 0 Å². The van der Waals surface area contributed by atoms with Crippen LogP contribution in [0.2, 0.25) is 0 Å². The monoisotopic (exact) mass is 878 g/mol. The molecule has 2 atom stereocenters. The molecule has 0 aliphatic heterocycles. The fourth-order valence-corrected chi connectivity index (χ4v) is 7.95. The van der Waals surface area contributed by atoms with E-state index >= 15 is 0 Å². The molecule has 0 aromatic heterocycles. The summed E-state index contributed by atoms with van der Waals surface area (Å²) in [5.74, 6) is -0.0315. The topological polar surface area (TPSA) is 97.9 Å². The van der Waals surface area contributed by atoms with Crippen molar-refractivity contribution in [2.24, 2.45) is 0 Å². The molecule has 8 heteroatoms. The highest BCUT2D eigenvalue weighted by Gasteiger charge is 2.21. The second kappa shape index (κ2) is 38.3. The lowest BCUT2D eigenvalue weighted by Crippen LogP contribution is -2.47. The van der Waals surface area contributed by atoms with Crippen LogP contribution in [0.1, 0.15) is 214 Å². The Labute approximate surface area is 386 Å². The number of rotatable bonds is 41. The van der Waals surface area contributed by atoms with Gasteiger partial charge in [-0.1, -0.05) is 210 Å². The van der Waals surface area contributed by atoms with Crippen LogP contribution in [-0.2, 0) is 25.5 Å². The largest absolute Gasteiger partial charge is 0.444 e. The van der Waals surface area contributed by atoms with Gasteiger partial charge in [0.25, 0.3) is 0 Å². The molecule has 8 nitrogen and oxygen atoms in total. The molecular weight excluding hydrogens is 783 g/mol. The molecule has 0 radical (unpaired) electrons. The van der Waals surface area contributed by atoms with Crippen molar-refractivity contribution in [2.75, 3.05) is 32.9 Å². The van der Waals surface area contributed by atoms with Crippen LogP contribution in [0, 0.1) is 0 Å². The SMILES string of the molecule is CCCCCCCCCCCCCCOCC(CNC(=O)[C@H](CCCCNC(=O)OC(C)(C)C)NCc1ccc(-c2ccccc2)cc1)OCCCCCCCCCCCCCC. The summed E-state index contributed by atoms with van der Waals surface area (Å²) in [5.41, 5.74) is 2.93. The summed E-state index contributed by atoms with van der Waals surface area (Å²) >= 11 is 0. The lowest BCUT2D eigenvalue weighted by Gasteiger charge is -2.23. The number of carbonyl (C=O) groups excluding carboxylic acids is 2. The Morgan fingerprint density at radius 3 is 1.57 bits per heavy atom. The number of alkyl carbamates (subject to hydrolysis) is 1. The zero-order valence-corrected chi connectivity index (χ0v) is 41.2. The maximum Gasteiger partial charge on any atom is 0.407 e. The van der Waals surface area contributed by atoms with Gasteiger partial charge >= 0.3 is 6.09 Å². The number of ether oxygens (including phenoxy) is 3. The van der Waals surface area contributed by atoms with E-state index in [2.05, 4.69) is 78.3 Å². The van der Waals surface area contributed by atoms with Gasteiger partial charge in [0.05, 0.1) is 18.8 Å². The van der Waals surface area contributed by atoms with E-state index in [1.165, 1.54) is 152 Å². The van der Waals surface area contributed by atoms with Gasteiger partial charge in [-0.15, -0.1) is 0 Å². The lowest BCUT2D eigenvalue weighted by molar-refractivity contribution is -0.124. The van der Waals surface area contributed by atoms with Crippen LogP contribution in [0.4, 0.5) is 4.79 Å². The third kappa shape index (κ3) is 32.4. The molecule has 0 bridgehead atoms. The summed E-state index contributed by atoms with van der Waals surface area (Å²) in [7, 11) is 0. The Balaban J connectivity index is 1.87. The van der Waals surface area contributed by atoms with Crippen LogP contribution < -0.4 is 16.0 Å². The van der Waals surface area contributed by atoms with Crippen molar-refractivity contribution in [2.45, 2.75) is 232 Å². The van der Waals surface area contributed by atoms with Gasteiger partial charge in [0.1, 0.15) is 5.60 Å². The second-order valence-corrected chi connectivity index (χ2v) is 19.0. The molecule has 1 unspecified atom stereocenters. The minimum absolute atomic E-state index is 0.0315. The van der Waals surface area contributed by atoms with Crippen molar-refractivity contribution in [1.29, 1.82) is 0 Å². The summed E-state index contributed by atoms with van der Waals surface area (Å²) in [6.07, 6.45) is 33.1. The zero-order valence-electron chi connectivity index (χ0n) is 41.2. The first-order valence-corrected chi connectivity index (χ1v) is 26.0. The normalized spacial score (nSPS) is 12.6. The van der Waals surface area contributed by atoms with E-state index in [-0.39, 0.29) is 18.1 Å². The van der Waals surface area contributed by atoms with Gasteiger partial charge in [-0.3, -0.25) is 4.79 Å². The molecule has 360 valence electrons. The molecule has 0 aliphatic carbocycles. The molecule has 0 fully saturated rings. The standard InChI is InChI=1S/C55H95N3O5/c1-6-8-10-12-14-16-18-20-22-24-26-33-43-61-47-51(62-44-34-27-25-23-21-19-17-15-13-11-9-7-2)46-58-53(59)52(37-31-32-42-56-54(60)63-55(3,4)5)57-45-48-38-40-50(41-39-48)49-35-29-28-30-36-49/h28-30,35-36,38-41,51-52,57H,6-27,31-34,37,42-47H2,1-5H3,(H,56,60)(H,58,59)/t51?,52-/m0/s1. The van der Waals surface area contributed by atoms with Crippen LogP contribution in [0.5, 0.6) is 0 Å². The fraction of sp³-hybridized carbons (Fsp3) is 0.745. The van der Waals surface area contributed by atoms with Crippen molar-refractivity contribution in [3.8, 4) is 11.1 Å². The molecule has 2 aromatic carbocycles. The van der Waals surface area contributed by atoms with Gasteiger partial charge in [0.15, 0.2) is 0 Å². The van der Waals surface area contributed by atoms with Gasteiger partial charge in [0.2, 0.25) is 5.91 Å². The number of hydrogen-bond acceptors (Lipinski definition) is 6. The van der Waals surface area contributed by atoms with Gasteiger partial charge in [-0.2, -0.15) is 0 Å². The van der Waals surface area contributed by atoms with Gasteiger partial charge in [-0.05, 0) is 69.6 Å². The van der Waals surface area contributed by atoms with E-state index in [4.69, 9.17) is 14.2 Å². The van der Waals surface area contributed by atoms with Crippen LogP contribution >= 0.6 is 0 Å². The first-order valence-electron chi connectivity index (χ1n) is 26.0. The molecule has 0 saturated heterocycles. The van der Waals surface area contributed by atoms with E-state index in [0.29, 0.717) is 39.3 Å². The molecule has 3 N–H and O–H groups in total. The summed E-state index contributed by atoms with van der Waals surface area (Å²) < 4.78 is 18.0. The number of nitrogens with one attached hydrogen (secondary N) is 3. The third-order valence-corrected chi connectivity index (χ3v) is 11.8. The number of unbranched alkanes of at least 4 members (excludes halogenated alkanes) is 23. The molecule has 0 saturated carbocycles. The molecule has 0 aliphatic rings. The number of carbonyl (C=O) groups is 2. The van der Waals surface area contributed by atoms with Gasteiger partial charge in [0, 0.05) is 32.8 Å². The van der Waals surface area contributed by atoms with Gasteiger partial charge < -0.3 is 30.2 Å². The highest BCUT2D eigenvalue weighted by Crippen LogP contribution is 2.20. The Bertz CT molecular complexity index is 1350. The molecule has 0 heterocycles. The third-order valence-electron chi connectivity index (χ3n) is 11.8. The molecule has 2 aromatic rings. The first-order chi connectivity index (χ1) is 30.7. The van der Waals surface area contributed by atoms with Crippen molar-refractivity contribution < 1.29 is 23.8 Å². The van der Waals surface area contributed by atoms with Crippen molar-refractivity contribution >= 4 is 12.0 Å². The molecule has 63 heavy (non-hydrogen) atoms. The highest BCUT2D eigenvalue weighted by molar-refractivity contribution is 5.81. The lowest BCUT2D eigenvalue weighted by atomic mass is 10.0. The number of benzene rings is 2.